The molecule has 2 atom stereocenters. The monoisotopic (exact) mass is 202 g/mol. The largest absolute Gasteiger partial charge is 0.379 e. The molecule has 0 saturated carbocycles. The molecule has 1 rings (SSSR count). The summed E-state index contributed by atoms with van der Waals surface area (Å²) in [5, 5.41) is 3.48. The van der Waals surface area contributed by atoms with Gasteiger partial charge in [-0.3, -0.25) is 0 Å². The third-order valence-electron chi connectivity index (χ3n) is 2.92. The molecule has 1 aliphatic heterocycles. The van der Waals surface area contributed by atoms with Crippen molar-refractivity contribution in [3.05, 3.63) is 0 Å². The first-order valence-corrected chi connectivity index (χ1v) is 5.33. The molecular formula is C10H22N2O2. The molecule has 84 valence electrons. The average Bonchev–Trinajstić information content (AvgIpc) is 2.47. The summed E-state index contributed by atoms with van der Waals surface area (Å²) in [5.74, 6) is 0. The van der Waals surface area contributed by atoms with Crippen molar-refractivity contribution in [2.24, 2.45) is 5.73 Å². The Morgan fingerprint density at radius 3 is 2.93 bits per heavy atom. The number of rotatable bonds is 6. The Labute approximate surface area is 86.1 Å². The minimum absolute atomic E-state index is 0.117. The van der Waals surface area contributed by atoms with Gasteiger partial charge in [0.15, 0.2) is 0 Å². The Hall–Kier alpha value is -0.160. The van der Waals surface area contributed by atoms with Crippen LogP contribution in [0.4, 0.5) is 0 Å². The van der Waals surface area contributed by atoms with E-state index in [1.54, 1.807) is 0 Å². The summed E-state index contributed by atoms with van der Waals surface area (Å²) in [5.41, 5.74) is 5.43. The standard InChI is InChI=1S/C10H22N2O2/c1-9-10(2,3-6-14-9)12-5-8-13-7-4-11/h9,12H,3-8,11H2,1-2H3. The lowest BCUT2D eigenvalue weighted by molar-refractivity contribution is 0.0813. The summed E-state index contributed by atoms with van der Waals surface area (Å²) < 4.78 is 10.8. The molecular weight excluding hydrogens is 180 g/mol. The molecule has 0 amide bonds. The zero-order valence-electron chi connectivity index (χ0n) is 9.21. The first-order valence-electron chi connectivity index (χ1n) is 5.33. The number of nitrogens with one attached hydrogen (secondary N) is 1. The molecule has 4 nitrogen and oxygen atoms in total. The number of nitrogens with two attached hydrogens (primary N) is 1. The molecule has 2 unspecified atom stereocenters. The predicted molar refractivity (Wildman–Crippen MR) is 56.3 cm³/mol. The van der Waals surface area contributed by atoms with Gasteiger partial charge in [0.25, 0.3) is 0 Å². The molecule has 0 bridgehead atoms. The normalized spacial score (nSPS) is 32.4. The van der Waals surface area contributed by atoms with Crippen molar-refractivity contribution in [1.82, 2.24) is 5.32 Å². The minimum Gasteiger partial charge on any atom is -0.379 e. The fourth-order valence-corrected chi connectivity index (χ4v) is 1.66. The zero-order chi connectivity index (χ0) is 10.4. The van der Waals surface area contributed by atoms with Crippen molar-refractivity contribution in [2.45, 2.75) is 31.9 Å². The molecule has 1 aliphatic rings. The molecule has 1 heterocycles. The summed E-state index contributed by atoms with van der Waals surface area (Å²) in [6.45, 7) is 7.99. The van der Waals surface area contributed by atoms with E-state index in [-0.39, 0.29) is 11.6 Å². The first kappa shape index (κ1) is 11.9. The Morgan fingerprint density at radius 1 is 1.57 bits per heavy atom. The molecule has 0 aliphatic carbocycles. The third-order valence-corrected chi connectivity index (χ3v) is 2.92. The second kappa shape index (κ2) is 5.66. The van der Waals surface area contributed by atoms with Crippen molar-refractivity contribution in [2.75, 3.05) is 32.9 Å². The lowest BCUT2D eigenvalue weighted by Gasteiger charge is -2.28. The van der Waals surface area contributed by atoms with Gasteiger partial charge in [-0.2, -0.15) is 0 Å². The van der Waals surface area contributed by atoms with E-state index in [1.165, 1.54) is 0 Å². The highest BCUT2D eigenvalue weighted by atomic mass is 16.5. The summed E-state index contributed by atoms with van der Waals surface area (Å²) in [6, 6.07) is 0. The number of hydrogen-bond donors (Lipinski definition) is 2. The smallest absolute Gasteiger partial charge is 0.0726 e. The Balaban J connectivity index is 2.10. The molecule has 0 radical (unpaired) electrons. The molecule has 1 saturated heterocycles. The molecule has 4 heteroatoms. The molecule has 0 aromatic rings. The fourth-order valence-electron chi connectivity index (χ4n) is 1.66. The van der Waals surface area contributed by atoms with Gasteiger partial charge in [0.1, 0.15) is 0 Å². The lowest BCUT2D eigenvalue weighted by atomic mass is 9.95. The molecule has 14 heavy (non-hydrogen) atoms. The highest BCUT2D eigenvalue weighted by Crippen LogP contribution is 2.24. The minimum atomic E-state index is 0.117. The van der Waals surface area contributed by atoms with Crippen LogP contribution in [0.5, 0.6) is 0 Å². The molecule has 0 aromatic heterocycles. The summed E-state index contributed by atoms with van der Waals surface area (Å²) in [4.78, 5) is 0. The zero-order valence-corrected chi connectivity index (χ0v) is 9.21. The van der Waals surface area contributed by atoms with E-state index < -0.39 is 0 Å². The molecule has 1 fully saturated rings. The van der Waals surface area contributed by atoms with Crippen molar-refractivity contribution in [3.63, 3.8) is 0 Å². The average molecular weight is 202 g/mol. The second-order valence-corrected chi connectivity index (χ2v) is 4.01. The third kappa shape index (κ3) is 3.20. The van der Waals surface area contributed by atoms with Crippen LogP contribution >= 0.6 is 0 Å². The van der Waals surface area contributed by atoms with Gasteiger partial charge >= 0.3 is 0 Å². The van der Waals surface area contributed by atoms with E-state index in [2.05, 4.69) is 19.2 Å². The van der Waals surface area contributed by atoms with Gasteiger partial charge in [0.2, 0.25) is 0 Å². The first-order chi connectivity index (χ1) is 6.69. The quantitative estimate of drug-likeness (QED) is 0.601. The van der Waals surface area contributed by atoms with Gasteiger partial charge in [0.05, 0.1) is 19.3 Å². The van der Waals surface area contributed by atoms with Crippen LogP contribution in [0, 0.1) is 0 Å². The van der Waals surface area contributed by atoms with E-state index in [1.807, 2.05) is 0 Å². The van der Waals surface area contributed by atoms with E-state index in [9.17, 15) is 0 Å². The van der Waals surface area contributed by atoms with Crippen LogP contribution in [0.2, 0.25) is 0 Å². The van der Waals surface area contributed by atoms with Crippen LogP contribution in [0.1, 0.15) is 20.3 Å². The van der Waals surface area contributed by atoms with Crippen LogP contribution in [-0.4, -0.2) is 44.6 Å². The van der Waals surface area contributed by atoms with Crippen molar-refractivity contribution >= 4 is 0 Å². The Morgan fingerprint density at radius 2 is 2.36 bits per heavy atom. The predicted octanol–water partition coefficient (Wildman–Crippen LogP) is 0.119. The van der Waals surface area contributed by atoms with Gasteiger partial charge in [-0.15, -0.1) is 0 Å². The SMILES string of the molecule is CC1OCCC1(C)NCCOCCN. The maximum Gasteiger partial charge on any atom is 0.0726 e. The highest BCUT2D eigenvalue weighted by molar-refractivity contribution is 4.93. The van der Waals surface area contributed by atoms with Gasteiger partial charge in [0, 0.05) is 25.2 Å². The van der Waals surface area contributed by atoms with Gasteiger partial charge in [-0.1, -0.05) is 0 Å². The summed E-state index contributed by atoms with van der Waals surface area (Å²) in [7, 11) is 0. The van der Waals surface area contributed by atoms with E-state index >= 15 is 0 Å². The molecule has 0 aromatic carbocycles. The topological polar surface area (TPSA) is 56.5 Å². The Bertz CT molecular complexity index is 166. The van der Waals surface area contributed by atoms with Crippen LogP contribution < -0.4 is 11.1 Å². The van der Waals surface area contributed by atoms with Crippen LogP contribution in [-0.2, 0) is 9.47 Å². The molecule has 0 spiro atoms. The van der Waals surface area contributed by atoms with E-state index in [4.69, 9.17) is 15.2 Å². The highest BCUT2D eigenvalue weighted by Gasteiger charge is 2.35. The fraction of sp³-hybridized carbons (Fsp3) is 1.00. The number of ether oxygens (including phenoxy) is 2. The summed E-state index contributed by atoms with van der Waals surface area (Å²) >= 11 is 0. The van der Waals surface area contributed by atoms with Crippen LogP contribution in [0.15, 0.2) is 0 Å². The van der Waals surface area contributed by atoms with Crippen LogP contribution in [0.3, 0.4) is 0 Å². The van der Waals surface area contributed by atoms with Crippen molar-refractivity contribution in [1.29, 1.82) is 0 Å². The maximum atomic E-state index is 5.52. The van der Waals surface area contributed by atoms with Gasteiger partial charge in [-0.25, -0.2) is 0 Å². The van der Waals surface area contributed by atoms with E-state index in [0.717, 1.165) is 26.2 Å². The van der Waals surface area contributed by atoms with Gasteiger partial charge in [-0.05, 0) is 20.3 Å². The Kier molecular flexibility index (Phi) is 4.81. The van der Waals surface area contributed by atoms with Gasteiger partial charge < -0.3 is 20.5 Å². The number of hydrogen-bond acceptors (Lipinski definition) is 4. The lowest BCUT2D eigenvalue weighted by Crippen LogP contribution is -2.48. The summed E-state index contributed by atoms with van der Waals surface area (Å²) in [6.07, 6.45) is 1.36. The molecule has 3 N–H and O–H groups in total. The second-order valence-electron chi connectivity index (χ2n) is 4.01. The van der Waals surface area contributed by atoms with Crippen molar-refractivity contribution in [3.8, 4) is 0 Å². The van der Waals surface area contributed by atoms with E-state index in [0.29, 0.717) is 13.2 Å². The van der Waals surface area contributed by atoms with Crippen molar-refractivity contribution < 1.29 is 9.47 Å². The van der Waals surface area contributed by atoms with Crippen LogP contribution in [0.25, 0.3) is 0 Å². The maximum absolute atomic E-state index is 5.52.